The highest BCUT2D eigenvalue weighted by atomic mass is 32.1. The van der Waals surface area contributed by atoms with Crippen molar-refractivity contribution in [1.82, 2.24) is 9.78 Å². The molecule has 0 bridgehead atoms. The van der Waals surface area contributed by atoms with Crippen molar-refractivity contribution in [2.45, 2.75) is 0 Å². The second-order valence-electron chi connectivity index (χ2n) is 3.89. The van der Waals surface area contributed by atoms with Crippen LogP contribution in [-0.2, 0) is 0 Å². The van der Waals surface area contributed by atoms with Gasteiger partial charge in [-0.2, -0.15) is 5.10 Å². The smallest absolute Gasteiger partial charge is 0.130 e. The van der Waals surface area contributed by atoms with E-state index in [0.717, 1.165) is 17.2 Å². The molecule has 4 heteroatoms. The normalized spacial score (nSPS) is 10.5. The Morgan fingerprint density at radius 3 is 2.61 bits per heavy atom. The van der Waals surface area contributed by atoms with Gasteiger partial charge in [-0.3, -0.25) is 0 Å². The van der Waals surface area contributed by atoms with Crippen LogP contribution >= 0.6 is 11.3 Å². The molecule has 0 saturated carbocycles. The van der Waals surface area contributed by atoms with E-state index in [0.29, 0.717) is 0 Å². The third-order valence-corrected chi connectivity index (χ3v) is 3.63. The molecule has 3 aromatic rings. The summed E-state index contributed by atoms with van der Waals surface area (Å²) in [5, 5.41) is 9.91. The monoisotopic (exact) mass is 255 g/mol. The molecule has 0 fully saturated rings. The van der Waals surface area contributed by atoms with E-state index in [9.17, 15) is 0 Å². The van der Waals surface area contributed by atoms with Gasteiger partial charge in [-0.15, -0.1) is 11.3 Å². The molecule has 0 aliphatic carbocycles. The lowest BCUT2D eigenvalue weighted by Crippen LogP contribution is -2.01. The number of nitrogens with zero attached hydrogens (tertiary/aromatic N) is 2. The van der Waals surface area contributed by atoms with Gasteiger partial charge >= 0.3 is 0 Å². The van der Waals surface area contributed by atoms with Crippen molar-refractivity contribution >= 4 is 17.2 Å². The summed E-state index contributed by atoms with van der Waals surface area (Å²) in [6, 6.07) is 16.3. The minimum atomic E-state index is 0.990. The Hall–Kier alpha value is -2.07. The van der Waals surface area contributed by atoms with E-state index in [-0.39, 0.29) is 0 Å². The number of hydrogen-bond acceptors (Lipinski definition) is 3. The molecule has 0 aliphatic heterocycles. The number of anilines is 1. The van der Waals surface area contributed by atoms with Crippen LogP contribution in [0.1, 0.15) is 0 Å². The summed E-state index contributed by atoms with van der Waals surface area (Å²) < 4.78 is 1.93. The van der Waals surface area contributed by atoms with Gasteiger partial charge in [0.05, 0.1) is 10.6 Å². The zero-order valence-electron chi connectivity index (χ0n) is 10.00. The van der Waals surface area contributed by atoms with E-state index in [1.165, 1.54) is 4.88 Å². The molecule has 18 heavy (non-hydrogen) atoms. The van der Waals surface area contributed by atoms with Crippen molar-refractivity contribution in [3.8, 4) is 16.3 Å². The van der Waals surface area contributed by atoms with Gasteiger partial charge in [-0.25, -0.2) is 4.68 Å². The van der Waals surface area contributed by atoms with Crippen LogP contribution in [0.15, 0.2) is 53.9 Å². The van der Waals surface area contributed by atoms with Crippen LogP contribution < -0.4 is 5.32 Å². The van der Waals surface area contributed by atoms with E-state index >= 15 is 0 Å². The molecule has 0 spiro atoms. The van der Waals surface area contributed by atoms with E-state index < -0.39 is 0 Å². The highest BCUT2D eigenvalue weighted by molar-refractivity contribution is 7.13. The third kappa shape index (κ3) is 1.91. The predicted octanol–water partition coefficient (Wildman–Crippen LogP) is 3.64. The van der Waals surface area contributed by atoms with E-state index in [1.54, 1.807) is 11.3 Å². The molecule has 0 amide bonds. The summed E-state index contributed by atoms with van der Waals surface area (Å²) in [6.45, 7) is 0. The molecule has 2 heterocycles. The Labute approximate surface area is 110 Å². The van der Waals surface area contributed by atoms with Crippen LogP contribution in [0.25, 0.3) is 16.3 Å². The summed E-state index contributed by atoms with van der Waals surface area (Å²) in [6.07, 6.45) is 0. The number of thiophene rings is 1. The van der Waals surface area contributed by atoms with Crippen molar-refractivity contribution in [1.29, 1.82) is 0 Å². The Morgan fingerprint density at radius 2 is 1.94 bits per heavy atom. The van der Waals surface area contributed by atoms with Gasteiger partial charge in [0, 0.05) is 13.1 Å². The van der Waals surface area contributed by atoms with Gasteiger partial charge in [-0.1, -0.05) is 24.3 Å². The fraction of sp³-hybridized carbons (Fsp3) is 0.0714. The zero-order valence-corrected chi connectivity index (χ0v) is 10.8. The van der Waals surface area contributed by atoms with Gasteiger partial charge in [0.15, 0.2) is 0 Å². The Balaban J connectivity index is 2.10. The average molecular weight is 255 g/mol. The molecule has 0 unspecified atom stereocenters. The highest BCUT2D eigenvalue weighted by Gasteiger charge is 2.10. The second-order valence-corrected chi connectivity index (χ2v) is 4.84. The van der Waals surface area contributed by atoms with Gasteiger partial charge in [0.1, 0.15) is 11.5 Å². The van der Waals surface area contributed by atoms with Crippen LogP contribution in [-0.4, -0.2) is 16.8 Å². The highest BCUT2D eigenvalue weighted by Crippen LogP contribution is 2.27. The lowest BCUT2D eigenvalue weighted by molar-refractivity contribution is 0.890. The van der Waals surface area contributed by atoms with Gasteiger partial charge in [0.25, 0.3) is 0 Å². The van der Waals surface area contributed by atoms with Gasteiger partial charge < -0.3 is 5.32 Å². The summed E-state index contributed by atoms with van der Waals surface area (Å²) >= 11 is 1.70. The molecular weight excluding hydrogens is 242 g/mol. The first-order valence-corrected chi connectivity index (χ1v) is 6.63. The maximum Gasteiger partial charge on any atom is 0.130 e. The number of benzene rings is 1. The van der Waals surface area contributed by atoms with Crippen LogP contribution in [0, 0.1) is 0 Å². The zero-order chi connectivity index (χ0) is 12.4. The van der Waals surface area contributed by atoms with Crippen molar-refractivity contribution in [3.05, 3.63) is 53.9 Å². The Kier molecular flexibility index (Phi) is 2.86. The molecule has 3 rings (SSSR count). The fourth-order valence-electron chi connectivity index (χ4n) is 1.87. The van der Waals surface area contributed by atoms with E-state index in [4.69, 9.17) is 0 Å². The van der Waals surface area contributed by atoms with Crippen molar-refractivity contribution in [2.24, 2.45) is 0 Å². The van der Waals surface area contributed by atoms with Crippen LogP contribution in [0.5, 0.6) is 0 Å². The molecule has 1 aromatic carbocycles. The standard InChI is InChI=1S/C14H13N3S/c1-15-14-10-12(13-8-5-9-18-13)16-17(14)11-6-3-2-4-7-11/h2-10,15H,1H3. The number of hydrogen-bond donors (Lipinski definition) is 1. The SMILES string of the molecule is CNc1cc(-c2cccs2)nn1-c1ccccc1. The Bertz CT molecular complexity index is 626. The summed E-state index contributed by atoms with van der Waals surface area (Å²) in [4.78, 5) is 1.18. The molecule has 90 valence electrons. The largest absolute Gasteiger partial charge is 0.373 e. The van der Waals surface area contributed by atoms with Crippen molar-refractivity contribution < 1.29 is 0 Å². The minimum absolute atomic E-state index is 0.990. The summed E-state index contributed by atoms with van der Waals surface area (Å²) in [7, 11) is 1.91. The van der Waals surface area contributed by atoms with Crippen LogP contribution in [0.3, 0.4) is 0 Å². The lowest BCUT2D eigenvalue weighted by Gasteiger charge is -2.05. The third-order valence-electron chi connectivity index (χ3n) is 2.74. The summed E-state index contributed by atoms with van der Waals surface area (Å²) in [5.74, 6) is 0.990. The van der Waals surface area contributed by atoms with Gasteiger partial charge in [-0.05, 0) is 23.6 Å². The molecule has 0 saturated heterocycles. The van der Waals surface area contributed by atoms with Crippen molar-refractivity contribution in [2.75, 3.05) is 12.4 Å². The lowest BCUT2D eigenvalue weighted by atomic mass is 10.3. The molecule has 0 atom stereocenters. The fourth-order valence-corrected chi connectivity index (χ4v) is 2.55. The van der Waals surface area contributed by atoms with Crippen molar-refractivity contribution in [3.63, 3.8) is 0 Å². The average Bonchev–Trinajstić information content (AvgIpc) is 3.08. The first-order chi connectivity index (χ1) is 8.88. The van der Waals surface area contributed by atoms with E-state index in [2.05, 4.69) is 27.9 Å². The first-order valence-electron chi connectivity index (χ1n) is 5.75. The van der Waals surface area contributed by atoms with Gasteiger partial charge in [0.2, 0.25) is 0 Å². The maximum atomic E-state index is 4.66. The number of nitrogens with one attached hydrogen (secondary N) is 1. The molecular formula is C14H13N3S. The van der Waals surface area contributed by atoms with Crippen LogP contribution in [0.2, 0.25) is 0 Å². The molecule has 2 aromatic heterocycles. The number of aromatic nitrogens is 2. The van der Waals surface area contributed by atoms with E-state index in [1.807, 2.05) is 48.1 Å². The topological polar surface area (TPSA) is 29.9 Å². The first kappa shape index (κ1) is 11.0. The molecule has 0 aliphatic rings. The Morgan fingerprint density at radius 1 is 1.11 bits per heavy atom. The number of rotatable bonds is 3. The van der Waals surface area contributed by atoms with Crippen LogP contribution in [0.4, 0.5) is 5.82 Å². The molecule has 3 nitrogen and oxygen atoms in total. The second kappa shape index (κ2) is 4.66. The summed E-state index contributed by atoms with van der Waals surface area (Å²) in [5.41, 5.74) is 2.06. The molecule has 0 radical (unpaired) electrons. The number of para-hydroxylation sites is 1. The quantitative estimate of drug-likeness (QED) is 0.774. The predicted molar refractivity (Wildman–Crippen MR) is 76.4 cm³/mol. The minimum Gasteiger partial charge on any atom is -0.373 e. The molecule has 1 N–H and O–H groups in total. The maximum absolute atomic E-state index is 4.66.